The van der Waals surface area contributed by atoms with Crippen molar-refractivity contribution in [1.82, 2.24) is 4.98 Å². The minimum atomic E-state index is -1.04. The Kier molecular flexibility index (Phi) is 2.40. The van der Waals surface area contributed by atoms with Crippen molar-refractivity contribution in [1.29, 1.82) is 0 Å². The summed E-state index contributed by atoms with van der Waals surface area (Å²) in [5, 5.41) is 8.61. The molecule has 0 bridgehead atoms. The van der Waals surface area contributed by atoms with Crippen LogP contribution in [0, 0.1) is 6.92 Å². The molecule has 0 saturated carbocycles. The normalized spacial score (nSPS) is 12.5. The third kappa shape index (κ3) is 1.60. The van der Waals surface area contributed by atoms with E-state index in [2.05, 4.69) is 4.98 Å². The summed E-state index contributed by atoms with van der Waals surface area (Å²) in [7, 11) is 0. The predicted octanol–water partition coefficient (Wildman–Crippen LogP) is 0.474. The SMILES string of the molecule is Cc1ncccc1C(N)C(=O)O. The Morgan fingerprint density at radius 2 is 2.42 bits per heavy atom. The summed E-state index contributed by atoms with van der Waals surface area (Å²) in [6.07, 6.45) is 1.60. The van der Waals surface area contributed by atoms with Crippen molar-refractivity contribution in [2.45, 2.75) is 13.0 Å². The van der Waals surface area contributed by atoms with E-state index in [-0.39, 0.29) is 0 Å². The first-order chi connectivity index (χ1) is 5.63. The molecule has 0 amide bonds. The Morgan fingerprint density at radius 3 is 2.92 bits per heavy atom. The lowest BCUT2D eigenvalue weighted by atomic mass is 10.1. The third-order valence-electron chi connectivity index (χ3n) is 1.65. The van der Waals surface area contributed by atoms with E-state index < -0.39 is 12.0 Å². The van der Waals surface area contributed by atoms with Crippen LogP contribution < -0.4 is 5.73 Å². The highest BCUT2D eigenvalue weighted by Crippen LogP contribution is 2.12. The summed E-state index contributed by atoms with van der Waals surface area (Å²) >= 11 is 0. The Bertz CT molecular complexity index is 299. The highest BCUT2D eigenvalue weighted by Gasteiger charge is 2.15. The fourth-order valence-electron chi connectivity index (χ4n) is 0.958. The van der Waals surface area contributed by atoms with Crippen LogP contribution >= 0.6 is 0 Å². The van der Waals surface area contributed by atoms with Gasteiger partial charge in [-0.25, -0.2) is 0 Å². The average Bonchev–Trinajstić information content (AvgIpc) is 2.04. The summed E-state index contributed by atoms with van der Waals surface area (Å²) < 4.78 is 0. The van der Waals surface area contributed by atoms with Gasteiger partial charge >= 0.3 is 5.97 Å². The zero-order chi connectivity index (χ0) is 9.14. The number of aliphatic carboxylic acids is 1. The number of hydrogen-bond donors (Lipinski definition) is 2. The van der Waals surface area contributed by atoms with Gasteiger partial charge in [0.25, 0.3) is 0 Å². The Morgan fingerprint density at radius 1 is 1.75 bits per heavy atom. The van der Waals surface area contributed by atoms with Crippen LogP contribution in [0.5, 0.6) is 0 Å². The van der Waals surface area contributed by atoms with Crippen molar-refractivity contribution in [3.8, 4) is 0 Å². The molecule has 1 heterocycles. The van der Waals surface area contributed by atoms with Crippen molar-refractivity contribution < 1.29 is 9.90 Å². The zero-order valence-electron chi connectivity index (χ0n) is 6.69. The van der Waals surface area contributed by atoms with Gasteiger partial charge in [-0.1, -0.05) is 6.07 Å². The molecule has 4 heteroatoms. The van der Waals surface area contributed by atoms with Crippen molar-refractivity contribution >= 4 is 5.97 Å². The second-order valence-corrected chi connectivity index (χ2v) is 2.49. The summed E-state index contributed by atoms with van der Waals surface area (Å²) in [5.41, 5.74) is 6.62. The molecule has 1 rings (SSSR count). The van der Waals surface area contributed by atoms with Crippen molar-refractivity contribution in [2.24, 2.45) is 5.73 Å². The largest absolute Gasteiger partial charge is 0.480 e. The van der Waals surface area contributed by atoms with E-state index in [4.69, 9.17) is 10.8 Å². The second kappa shape index (κ2) is 3.32. The first-order valence-electron chi connectivity index (χ1n) is 3.53. The fraction of sp³-hybridized carbons (Fsp3) is 0.250. The lowest BCUT2D eigenvalue weighted by Gasteiger charge is -2.07. The number of rotatable bonds is 2. The van der Waals surface area contributed by atoms with Gasteiger partial charge in [-0.15, -0.1) is 0 Å². The highest BCUT2D eigenvalue weighted by atomic mass is 16.4. The lowest BCUT2D eigenvalue weighted by Crippen LogP contribution is -2.21. The van der Waals surface area contributed by atoms with Gasteiger partial charge in [-0.3, -0.25) is 9.78 Å². The van der Waals surface area contributed by atoms with Gasteiger partial charge in [-0.2, -0.15) is 0 Å². The van der Waals surface area contributed by atoms with Crippen LogP contribution in [0.25, 0.3) is 0 Å². The number of hydrogen-bond acceptors (Lipinski definition) is 3. The molecular weight excluding hydrogens is 156 g/mol. The molecule has 0 saturated heterocycles. The summed E-state index contributed by atoms with van der Waals surface area (Å²) in [4.78, 5) is 14.4. The maximum atomic E-state index is 10.5. The number of pyridine rings is 1. The van der Waals surface area contributed by atoms with E-state index in [1.807, 2.05) is 0 Å². The summed E-state index contributed by atoms with van der Waals surface area (Å²) in [6, 6.07) is 2.37. The minimum Gasteiger partial charge on any atom is -0.480 e. The molecule has 1 aromatic heterocycles. The van der Waals surface area contributed by atoms with Crippen molar-refractivity contribution in [3.63, 3.8) is 0 Å². The first kappa shape index (κ1) is 8.67. The van der Waals surface area contributed by atoms with Gasteiger partial charge in [0, 0.05) is 17.5 Å². The topological polar surface area (TPSA) is 76.2 Å². The molecular formula is C8H10N2O2. The van der Waals surface area contributed by atoms with E-state index >= 15 is 0 Å². The molecule has 0 aromatic carbocycles. The number of nitrogens with two attached hydrogens (primary N) is 1. The maximum absolute atomic E-state index is 10.5. The number of nitrogens with zero attached hydrogens (tertiary/aromatic N) is 1. The quantitative estimate of drug-likeness (QED) is 0.669. The second-order valence-electron chi connectivity index (χ2n) is 2.49. The molecule has 3 N–H and O–H groups in total. The van der Waals surface area contributed by atoms with Crippen molar-refractivity contribution in [3.05, 3.63) is 29.6 Å². The number of carboxylic acids is 1. The monoisotopic (exact) mass is 166 g/mol. The van der Waals surface area contributed by atoms with Gasteiger partial charge in [-0.05, 0) is 13.0 Å². The van der Waals surface area contributed by atoms with Crippen LogP contribution in [0.4, 0.5) is 0 Å². The number of aryl methyl sites for hydroxylation is 1. The molecule has 12 heavy (non-hydrogen) atoms. The van der Waals surface area contributed by atoms with E-state index in [0.29, 0.717) is 11.3 Å². The van der Waals surface area contributed by atoms with Gasteiger partial charge in [0.15, 0.2) is 0 Å². The number of carbonyl (C=O) groups is 1. The molecule has 1 atom stereocenters. The molecule has 0 radical (unpaired) electrons. The predicted molar refractivity (Wildman–Crippen MR) is 43.5 cm³/mol. The lowest BCUT2D eigenvalue weighted by molar-refractivity contribution is -0.138. The molecule has 1 unspecified atom stereocenters. The van der Waals surface area contributed by atoms with E-state index in [1.54, 1.807) is 25.3 Å². The number of aromatic nitrogens is 1. The molecule has 0 spiro atoms. The van der Waals surface area contributed by atoms with E-state index in [1.165, 1.54) is 0 Å². The summed E-state index contributed by atoms with van der Waals surface area (Å²) in [5.74, 6) is -1.04. The molecule has 0 aliphatic rings. The van der Waals surface area contributed by atoms with E-state index in [0.717, 1.165) is 0 Å². The van der Waals surface area contributed by atoms with Crippen LogP contribution in [-0.2, 0) is 4.79 Å². The zero-order valence-corrected chi connectivity index (χ0v) is 6.69. The minimum absolute atomic E-state index is 0.560. The summed E-state index contributed by atoms with van der Waals surface area (Å²) in [6.45, 7) is 1.73. The van der Waals surface area contributed by atoms with Crippen LogP contribution in [0.3, 0.4) is 0 Å². The standard InChI is InChI=1S/C8H10N2O2/c1-5-6(3-2-4-10-5)7(9)8(11)12/h2-4,7H,9H2,1H3,(H,11,12). The van der Waals surface area contributed by atoms with Crippen molar-refractivity contribution in [2.75, 3.05) is 0 Å². The first-order valence-corrected chi connectivity index (χ1v) is 3.53. The molecule has 0 aliphatic heterocycles. The Labute approximate surface area is 70.0 Å². The van der Waals surface area contributed by atoms with Crippen LogP contribution in [0.15, 0.2) is 18.3 Å². The van der Waals surface area contributed by atoms with Gasteiger partial charge < -0.3 is 10.8 Å². The molecule has 4 nitrogen and oxygen atoms in total. The van der Waals surface area contributed by atoms with E-state index in [9.17, 15) is 4.79 Å². The Hall–Kier alpha value is -1.42. The molecule has 0 fully saturated rings. The van der Waals surface area contributed by atoms with Crippen LogP contribution in [-0.4, -0.2) is 16.1 Å². The van der Waals surface area contributed by atoms with Gasteiger partial charge in [0.1, 0.15) is 6.04 Å². The molecule has 64 valence electrons. The third-order valence-corrected chi connectivity index (χ3v) is 1.65. The van der Waals surface area contributed by atoms with Gasteiger partial charge in [0.2, 0.25) is 0 Å². The fourth-order valence-corrected chi connectivity index (χ4v) is 0.958. The molecule has 1 aromatic rings. The van der Waals surface area contributed by atoms with Crippen LogP contribution in [0.2, 0.25) is 0 Å². The maximum Gasteiger partial charge on any atom is 0.325 e. The molecule has 0 aliphatic carbocycles. The highest BCUT2D eigenvalue weighted by molar-refractivity contribution is 5.75. The Balaban J connectivity index is 3.02. The van der Waals surface area contributed by atoms with Crippen LogP contribution in [0.1, 0.15) is 17.3 Å². The smallest absolute Gasteiger partial charge is 0.325 e. The number of carboxylic acid groups (broad SMARTS) is 1. The van der Waals surface area contributed by atoms with Gasteiger partial charge in [0.05, 0.1) is 0 Å². The average molecular weight is 166 g/mol.